The Bertz CT molecular complexity index is 261. The minimum atomic E-state index is -1.08. The van der Waals surface area contributed by atoms with Gasteiger partial charge < -0.3 is 9.90 Å². The molecule has 0 bridgehead atoms. The number of carboxylic acids is 1. The average molecular weight is 161 g/mol. The van der Waals surface area contributed by atoms with Crippen LogP contribution in [-0.4, -0.2) is 21.2 Å². The third kappa shape index (κ3) is 3.56. The maximum atomic E-state index is 10.0. The van der Waals surface area contributed by atoms with E-state index < -0.39 is 5.97 Å². The standard InChI is InChI=1S/C6H9N3O2.Li/c1-4-7-5(9-8-4)2-3-6(10)11;/h2-3H2,1H3,(H,10,11)(H,7,8,9);/q;+1/p-1. The molecule has 0 aromatic carbocycles. The zero-order chi connectivity index (χ0) is 8.27. The van der Waals surface area contributed by atoms with Crippen LogP contribution in [0.3, 0.4) is 0 Å². The smallest absolute Gasteiger partial charge is 0.550 e. The number of aromatic amines is 1. The summed E-state index contributed by atoms with van der Waals surface area (Å²) >= 11 is 0. The molecule has 0 unspecified atom stereocenters. The average Bonchev–Trinajstić information content (AvgIpc) is 2.31. The van der Waals surface area contributed by atoms with E-state index in [-0.39, 0.29) is 25.3 Å². The van der Waals surface area contributed by atoms with Gasteiger partial charge in [-0.2, -0.15) is 5.10 Å². The van der Waals surface area contributed by atoms with Crippen molar-refractivity contribution in [3.05, 3.63) is 11.6 Å². The van der Waals surface area contributed by atoms with E-state index >= 15 is 0 Å². The number of H-pyrrole nitrogens is 1. The Morgan fingerprint density at radius 3 is 2.75 bits per heavy atom. The van der Waals surface area contributed by atoms with Crippen molar-refractivity contribution in [3.63, 3.8) is 0 Å². The van der Waals surface area contributed by atoms with Gasteiger partial charge in [0.2, 0.25) is 0 Å². The Labute approximate surface area is 81.8 Å². The molecule has 0 spiro atoms. The number of carbonyl (C=O) groups is 1. The molecular weight excluding hydrogens is 153 g/mol. The second-order valence-electron chi connectivity index (χ2n) is 2.21. The summed E-state index contributed by atoms with van der Waals surface area (Å²) in [4.78, 5) is 13.9. The van der Waals surface area contributed by atoms with Gasteiger partial charge in [-0.3, -0.25) is 5.10 Å². The SMILES string of the molecule is Cc1nc(CCC(=O)[O-])n[nH]1.[Li+]. The molecule has 12 heavy (non-hydrogen) atoms. The fraction of sp³-hybridized carbons (Fsp3) is 0.500. The van der Waals surface area contributed by atoms with Crippen molar-refractivity contribution < 1.29 is 28.8 Å². The second kappa shape index (κ2) is 4.96. The molecule has 0 aliphatic carbocycles. The van der Waals surface area contributed by atoms with Gasteiger partial charge in [-0.1, -0.05) is 0 Å². The molecule has 0 aliphatic rings. The first kappa shape index (κ1) is 11.2. The molecule has 0 amide bonds. The van der Waals surface area contributed by atoms with E-state index in [1.807, 2.05) is 0 Å². The number of rotatable bonds is 3. The Balaban J connectivity index is 0.00000121. The summed E-state index contributed by atoms with van der Waals surface area (Å²) in [6.07, 6.45) is 0.296. The molecule has 6 heteroatoms. The summed E-state index contributed by atoms with van der Waals surface area (Å²) < 4.78 is 0. The van der Waals surface area contributed by atoms with Gasteiger partial charge in [-0.15, -0.1) is 0 Å². The number of nitrogens with zero attached hydrogens (tertiary/aromatic N) is 2. The van der Waals surface area contributed by atoms with E-state index in [1.165, 1.54) is 0 Å². The number of aromatic nitrogens is 3. The van der Waals surface area contributed by atoms with Gasteiger partial charge in [-0.25, -0.2) is 4.98 Å². The topological polar surface area (TPSA) is 81.7 Å². The van der Waals surface area contributed by atoms with Crippen LogP contribution in [0.1, 0.15) is 18.1 Å². The summed E-state index contributed by atoms with van der Waals surface area (Å²) in [7, 11) is 0. The fourth-order valence-electron chi connectivity index (χ4n) is 0.715. The van der Waals surface area contributed by atoms with Crippen molar-refractivity contribution in [2.45, 2.75) is 19.8 Å². The molecule has 1 aromatic heterocycles. The van der Waals surface area contributed by atoms with E-state index in [2.05, 4.69) is 15.2 Å². The summed E-state index contributed by atoms with van der Waals surface area (Å²) in [5.74, 6) is 0.137. The fourth-order valence-corrected chi connectivity index (χ4v) is 0.715. The molecule has 1 N–H and O–H groups in total. The third-order valence-electron chi connectivity index (χ3n) is 1.20. The van der Waals surface area contributed by atoms with Crippen LogP contribution >= 0.6 is 0 Å². The number of hydrogen-bond donors (Lipinski definition) is 1. The van der Waals surface area contributed by atoms with Crippen molar-refractivity contribution in [3.8, 4) is 0 Å². The Hall–Kier alpha value is -0.793. The first-order chi connectivity index (χ1) is 5.18. The largest absolute Gasteiger partial charge is 1.00 e. The molecule has 5 nitrogen and oxygen atoms in total. The number of aliphatic carboxylic acids is 1. The number of hydrogen-bond acceptors (Lipinski definition) is 4. The molecular formula is C6H8LiN3O2. The van der Waals surface area contributed by atoms with Gasteiger partial charge in [0.15, 0.2) is 5.82 Å². The van der Waals surface area contributed by atoms with Crippen LogP contribution in [0.15, 0.2) is 0 Å². The quantitative estimate of drug-likeness (QED) is 0.456. The van der Waals surface area contributed by atoms with Gasteiger partial charge in [0.1, 0.15) is 5.82 Å². The van der Waals surface area contributed by atoms with Crippen LogP contribution < -0.4 is 24.0 Å². The van der Waals surface area contributed by atoms with Crippen LogP contribution in [0.25, 0.3) is 0 Å². The predicted molar refractivity (Wildman–Crippen MR) is 34.4 cm³/mol. The van der Waals surface area contributed by atoms with E-state index in [0.29, 0.717) is 18.1 Å². The molecule has 0 aliphatic heterocycles. The number of carboxylic acid groups (broad SMARTS) is 1. The van der Waals surface area contributed by atoms with Crippen LogP contribution in [0.2, 0.25) is 0 Å². The van der Waals surface area contributed by atoms with Gasteiger partial charge in [0, 0.05) is 12.4 Å². The summed E-state index contributed by atoms with van der Waals surface area (Å²) in [5, 5.41) is 16.4. The maximum Gasteiger partial charge on any atom is 1.00 e. The Morgan fingerprint density at radius 2 is 2.33 bits per heavy atom. The Morgan fingerprint density at radius 1 is 1.67 bits per heavy atom. The zero-order valence-corrected chi connectivity index (χ0v) is 7.13. The number of aryl methyl sites for hydroxylation is 2. The number of carbonyl (C=O) groups excluding carboxylic acids is 1. The maximum absolute atomic E-state index is 10.0. The zero-order valence-electron chi connectivity index (χ0n) is 7.13. The van der Waals surface area contributed by atoms with Crippen LogP contribution in [-0.2, 0) is 11.2 Å². The molecule has 0 saturated carbocycles. The first-order valence-corrected chi connectivity index (χ1v) is 3.26. The van der Waals surface area contributed by atoms with Crippen LogP contribution in [0.4, 0.5) is 0 Å². The van der Waals surface area contributed by atoms with Crippen LogP contribution in [0, 0.1) is 6.92 Å². The summed E-state index contributed by atoms with van der Waals surface area (Å²) in [6, 6.07) is 0. The normalized spacial score (nSPS) is 9.08. The van der Waals surface area contributed by atoms with Gasteiger partial charge in [0.25, 0.3) is 0 Å². The molecule has 1 rings (SSSR count). The van der Waals surface area contributed by atoms with Gasteiger partial charge in [-0.05, 0) is 13.3 Å². The summed E-state index contributed by atoms with van der Waals surface area (Å²) in [5.41, 5.74) is 0. The summed E-state index contributed by atoms with van der Waals surface area (Å²) in [6.45, 7) is 1.76. The molecule has 0 atom stereocenters. The van der Waals surface area contributed by atoms with Crippen molar-refractivity contribution in [1.29, 1.82) is 0 Å². The van der Waals surface area contributed by atoms with Crippen molar-refractivity contribution in [2.75, 3.05) is 0 Å². The third-order valence-corrected chi connectivity index (χ3v) is 1.20. The minimum absolute atomic E-state index is 0. The molecule has 60 valence electrons. The first-order valence-electron chi connectivity index (χ1n) is 3.26. The minimum Gasteiger partial charge on any atom is -0.550 e. The predicted octanol–water partition coefficient (Wildman–Crippen LogP) is -4.20. The Kier molecular flexibility index (Phi) is 4.63. The van der Waals surface area contributed by atoms with Crippen molar-refractivity contribution >= 4 is 5.97 Å². The van der Waals surface area contributed by atoms with Crippen LogP contribution in [0.5, 0.6) is 0 Å². The molecule has 0 saturated heterocycles. The van der Waals surface area contributed by atoms with E-state index in [4.69, 9.17) is 0 Å². The molecule has 1 heterocycles. The van der Waals surface area contributed by atoms with Crippen molar-refractivity contribution in [2.24, 2.45) is 0 Å². The molecule has 0 fully saturated rings. The van der Waals surface area contributed by atoms with Gasteiger partial charge in [0.05, 0.1) is 0 Å². The molecule has 1 aromatic rings. The number of nitrogens with one attached hydrogen (secondary N) is 1. The van der Waals surface area contributed by atoms with E-state index in [9.17, 15) is 9.90 Å². The van der Waals surface area contributed by atoms with Crippen molar-refractivity contribution in [1.82, 2.24) is 15.2 Å². The molecule has 0 radical (unpaired) electrons. The van der Waals surface area contributed by atoms with E-state index in [0.717, 1.165) is 0 Å². The van der Waals surface area contributed by atoms with Gasteiger partial charge >= 0.3 is 18.9 Å². The van der Waals surface area contributed by atoms with E-state index in [1.54, 1.807) is 6.92 Å². The monoisotopic (exact) mass is 161 g/mol. The second-order valence-corrected chi connectivity index (χ2v) is 2.21.